The summed E-state index contributed by atoms with van der Waals surface area (Å²) in [7, 11) is 0. The molecule has 0 aliphatic carbocycles. The summed E-state index contributed by atoms with van der Waals surface area (Å²) in [5, 5.41) is 2.78. The lowest BCUT2D eigenvalue weighted by atomic mass is 10.2. The van der Waals surface area contributed by atoms with Crippen molar-refractivity contribution < 1.29 is 31.1 Å². The van der Waals surface area contributed by atoms with Crippen molar-refractivity contribution >= 4 is 0 Å². The molecule has 0 saturated heterocycles. The summed E-state index contributed by atoms with van der Waals surface area (Å²) in [4.78, 5) is 0. The van der Waals surface area contributed by atoms with Gasteiger partial charge in [0, 0.05) is 6.04 Å². The molecule has 0 rings (SSSR count). The Kier molecular flexibility index (Phi) is 6.42. The SMILES string of the molecule is CCCNC(C)C(C)OC(C(F)(F)F)C(F)(F)F. The molecule has 0 amide bonds. The lowest BCUT2D eigenvalue weighted by Gasteiger charge is -2.29. The summed E-state index contributed by atoms with van der Waals surface area (Å²) in [5.41, 5.74) is 0. The van der Waals surface area contributed by atoms with E-state index in [1.807, 2.05) is 6.92 Å². The fourth-order valence-electron chi connectivity index (χ4n) is 1.21. The van der Waals surface area contributed by atoms with E-state index in [0.29, 0.717) is 6.54 Å². The molecule has 0 heterocycles. The summed E-state index contributed by atoms with van der Waals surface area (Å²) >= 11 is 0. The Morgan fingerprint density at radius 3 is 1.78 bits per heavy atom. The first kappa shape index (κ1) is 17.5. The minimum atomic E-state index is -5.46. The Hall–Kier alpha value is -0.500. The van der Waals surface area contributed by atoms with E-state index in [2.05, 4.69) is 10.1 Å². The van der Waals surface area contributed by atoms with Gasteiger partial charge in [0.1, 0.15) is 0 Å². The van der Waals surface area contributed by atoms with Gasteiger partial charge < -0.3 is 10.1 Å². The van der Waals surface area contributed by atoms with Crippen LogP contribution in [0.15, 0.2) is 0 Å². The standard InChI is InChI=1S/C10H17F6NO/c1-4-5-17-6(2)7(3)18-8(9(11,12)13)10(14,15)16/h6-8,17H,4-5H2,1-3H3. The number of halogens is 6. The van der Waals surface area contributed by atoms with Crippen molar-refractivity contribution in [3.8, 4) is 0 Å². The van der Waals surface area contributed by atoms with Crippen LogP contribution in [0.4, 0.5) is 26.3 Å². The van der Waals surface area contributed by atoms with Crippen molar-refractivity contribution in [2.24, 2.45) is 0 Å². The maximum atomic E-state index is 12.2. The molecule has 18 heavy (non-hydrogen) atoms. The van der Waals surface area contributed by atoms with Crippen LogP contribution in [-0.4, -0.2) is 37.1 Å². The zero-order valence-corrected chi connectivity index (χ0v) is 10.3. The molecule has 0 saturated carbocycles. The predicted molar refractivity (Wildman–Crippen MR) is 54.2 cm³/mol. The van der Waals surface area contributed by atoms with Crippen LogP contribution in [0.25, 0.3) is 0 Å². The van der Waals surface area contributed by atoms with Gasteiger partial charge in [0.25, 0.3) is 0 Å². The highest BCUT2D eigenvalue weighted by Gasteiger charge is 2.58. The Morgan fingerprint density at radius 2 is 1.44 bits per heavy atom. The number of hydrogen-bond acceptors (Lipinski definition) is 2. The van der Waals surface area contributed by atoms with Crippen LogP contribution in [0.3, 0.4) is 0 Å². The molecule has 8 heteroatoms. The molecule has 0 aromatic heterocycles. The fourth-order valence-corrected chi connectivity index (χ4v) is 1.21. The molecule has 1 N–H and O–H groups in total. The topological polar surface area (TPSA) is 21.3 Å². The van der Waals surface area contributed by atoms with Crippen molar-refractivity contribution in [2.45, 2.75) is 57.8 Å². The Bertz CT molecular complexity index is 226. The number of hydrogen-bond donors (Lipinski definition) is 1. The Morgan fingerprint density at radius 1 is 1.00 bits per heavy atom. The number of ether oxygens (including phenoxy) is 1. The minimum Gasteiger partial charge on any atom is -0.356 e. The van der Waals surface area contributed by atoms with Crippen molar-refractivity contribution in [3.63, 3.8) is 0 Å². The molecule has 0 bridgehead atoms. The highest BCUT2D eigenvalue weighted by Crippen LogP contribution is 2.36. The van der Waals surface area contributed by atoms with E-state index in [4.69, 9.17) is 0 Å². The van der Waals surface area contributed by atoms with Gasteiger partial charge in [0.05, 0.1) is 6.10 Å². The molecular formula is C10H17F6NO. The summed E-state index contributed by atoms with van der Waals surface area (Å²) in [6, 6.07) is -0.600. The smallest absolute Gasteiger partial charge is 0.356 e. The van der Waals surface area contributed by atoms with Gasteiger partial charge in [0.2, 0.25) is 6.10 Å². The van der Waals surface area contributed by atoms with Gasteiger partial charge in [-0.3, -0.25) is 0 Å². The van der Waals surface area contributed by atoms with Crippen molar-refractivity contribution in [2.75, 3.05) is 6.54 Å². The van der Waals surface area contributed by atoms with E-state index in [0.717, 1.165) is 6.42 Å². The van der Waals surface area contributed by atoms with E-state index in [1.54, 1.807) is 0 Å². The zero-order valence-electron chi connectivity index (χ0n) is 10.3. The first-order valence-corrected chi connectivity index (χ1v) is 5.52. The average molecular weight is 281 g/mol. The molecule has 2 nitrogen and oxygen atoms in total. The Labute approximate surface area is 102 Å². The van der Waals surface area contributed by atoms with Gasteiger partial charge in [-0.05, 0) is 26.8 Å². The third-order valence-corrected chi connectivity index (χ3v) is 2.37. The molecule has 2 atom stereocenters. The monoisotopic (exact) mass is 281 g/mol. The average Bonchev–Trinajstić information content (AvgIpc) is 2.18. The quantitative estimate of drug-likeness (QED) is 0.754. The molecule has 0 aromatic carbocycles. The number of alkyl halides is 6. The van der Waals surface area contributed by atoms with Crippen molar-refractivity contribution in [1.29, 1.82) is 0 Å². The van der Waals surface area contributed by atoms with Crippen LogP contribution in [0.1, 0.15) is 27.2 Å². The summed E-state index contributed by atoms with van der Waals surface area (Å²) in [6.07, 6.45) is -15.1. The van der Waals surface area contributed by atoms with E-state index in [-0.39, 0.29) is 0 Å². The van der Waals surface area contributed by atoms with E-state index >= 15 is 0 Å². The molecule has 2 unspecified atom stereocenters. The zero-order chi connectivity index (χ0) is 14.6. The third kappa shape index (κ3) is 5.90. The minimum absolute atomic E-state index is 0.498. The normalized spacial score (nSPS) is 17.0. The maximum Gasteiger partial charge on any atom is 0.423 e. The van der Waals surface area contributed by atoms with Gasteiger partial charge in [0.15, 0.2) is 0 Å². The van der Waals surface area contributed by atoms with Crippen LogP contribution in [0, 0.1) is 0 Å². The van der Waals surface area contributed by atoms with Crippen LogP contribution < -0.4 is 5.32 Å². The first-order valence-electron chi connectivity index (χ1n) is 5.52. The number of nitrogens with one attached hydrogen (secondary N) is 1. The molecule has 0 aliphatic rings. The highest BCUT2D eigenvalue weighted by molar-refractivity contribution is 4.79. The third-order valence-electron chi connectivity index (χ3n) is 2.37. The maximum absolute atomic E-state index is 12.2. The fraction of sp³-hybridized carbons (Fsp3) is 1.00. The lowest BCUT2D eigenvalue weighted by Crippen LogP contribution is -2.49. The van der Waals surface area contributed by atoms with Gasteiger partial charge in [-0.1, -0.05) is 6.92 Å². The predicted octanol–water partition coefficient (Wildman–Crippen LogP) is 3.27. The summed E-state index contributed by atoms with van der Waals surface area (Å²) < 4.78 is 77.5. The largest absolute Gasteiger partial charge is 0.423 e. The van der Waals surface area contributed by atoms with Crippen LogP contribution in [-0.2, 0) is 4.74 Å². The van der Waals surface area contributed by atoms with Gasteiger partial charge in [-0.25, -0.2) is 0 Å². The molecule has 0 aromatic rings. The molecular weight excluding hydrogens is 264 g/mol. The molecule has 0 radical (unpaired) electrons. The highest BCUT2D eigenvalue weighted by atomic mass is 19.4. The van der Waals surface area contributed by atoms with Crippen molar-refractivity contribution in [1.82, 2.24) is 5.32 Å². The second-order valence-corrected chi connectivity index (χ2v) is 4.05. The van der Waals surface area contributed by atoms with E-state index in [1.165, 1.54) is 13.8 Å². The second-order valence-electron chi connectivity index (χ2n) is 4.05. The first-order chi connectivity index (χ1) is 8.00. The van der Waals surface area contributed by atoms with Gasteiger partial charge in [-0.2, -0.15) is 26.3 Å². The van der Waals surface area contributed by atoms with E-state index < -0.39 is 30.6 Å². The lowest BCUT2D eigenvalue weighted by molar-refractivity contribution is -0.331. The number of rotatable bonds is 6. The molecule has 110 valence electrons. The van der Waals surface area contributed by atoms with E-state index in [9.17, 15) is 26.3 Å². The van der Waals surface area contributed by atoms with Crippen LogP contribution in [0.5, 0.6) is 0 Å². The molecule has 0 spiro atoms. The van der Waals surface area contributed by atoms with Crippen LogP contribution >= 0.6 is 0 Å². The molecule has 0 fully saturated rings. The summed E-state index contributed by atoms with van der Waals surface area (Å²) in [6.45, 7) is 4.99. The Balaban J connectivity index is 4.60. The van der Waals surface area contributed by atoms with Gasteiger partial charge >= 0.3 is 12.4 Å². The summed E-state index contributed by atoms with van der Waals surface area (Å²) in [5.74, 6) is 0. The van der Waals surface area contributed by atoms with Gasteiger partial charge in [-0.15, -0.1) is 0 Å². The second kappa shape index (κ2) is 6.60. The van der Waals surface area contributed by atoms with Crippen LogP contribution in [0.2, 0.25) is 0 Å². The van der Waals surface area contributed by atoms with Crippen molar-refractivity contribution in [3.05, 3.63) is 0 Å². The molecule has 0 aliphatic heterocycles.